The molecule has 0 saturated heterocycles. The maximum atomic E-state index is 14.4. The first-order valence-corrected chi connectivity index (χ1v) is 18.5. The summed E-state index contributed by atoms with van der Waals surface area (Å²) in [4.78, 5) is 0. The summed E-state index contributed by atoms with van der Waals surface area (Å²) in [6.45, 7) is 4.42. The molecule has 0 spiro atoms. The van der Waals surface area contributed by atoms with E-state index in [0.717, 1.165) is 0 Å². The molecule has 0 unspecified atom stereocenters. The first-order valence-electron chi connectivity index (χ1n) is 18.5. The first-order chi connectivity index (χ1) is 29.9. The summed E-state index contributed by atoms with van der Waals surface area (Å²) in [5.41, 5.74) is -1.39. The van der Waals surface area contributed by atoms with Gasteiger partial charge in [0.05, 0.1) is 0 Å². The normalized spacial score (nSPS) is 11.5. The topological polar surface area (TPSA) is 38.7 Å². The van der Waals surface area contributed by atoms with Crippen molar-refractivity contribution in [2.24, 2.45) is 0 Å². The highest BCUT2D eigenvalue weighted by Gasteiger charge is 2.46. The van der Waals surface area contributed by atoms with Crippen molar-refractivity contribution in [3.8, 4) is 16.9 Å². The van der Waals surface area contributed by atoms with Crippen LogP contribution in [0, 0.1) is 83.7 Å². The van der Waals surface area contributed by atoms with E-state index in [0.29, 0.717) is 0 Å². The average Bonchev–Trinajstić information content (AvgIpc) is 3.25. The fourth-order valence-electron chi connectivity index (χ4n) is 7.30. The molecule has 0 radical (unpaired) electrons. The number of hydrogen-bond donors (Lipinski definition) is 1. The van der Waals surface area contributed by atoms with Crippen LogP contribution in [-0.2, 0) is 10.3 Å². The van der Waals surface area contributed by atoms with Gasteiger partial charge in [-0.1, -0.05) is 72.8 Å². The zero-order chi connectivity index (χ0) is 45.5. The number of fused-ring (bicyclic) bond motifs is 2. The van der Waals surface area contributed by atoms with Gasteiger partial charge in [-0.15, -0.1) is 0 Å². The molecule has 8 rings (SSSR count). The predicted octanol–water partition coefficient (Wildman–Crippen LogP) is 13.0. The molecule has 0 aromatic heterocycles. The molecule has 0 heterocycles. The van der Waals surface area contributed by atoms with Crippen LogP contribution < -0.4 is 4.65 Å². The molecule has 0 aliphatic heterocycles. The smallest absolute Gasteiger partial charge is 0.512 e. The third-order valence-corrected chi connectivity index (χ3v) is 10.2. The highest BCUT2D eigenvalue weighted by molar-refractivity contribution is 6.36. The van der Waals surface area contributed by atoms with E-state index >= 15 is 0 Å². The van der Waals surface area contributed by atoms with Crippen molar-refractivity contribution in [2.75, 3.05) is 0 Å². The second kappa shape index (κ2) is 17.5. The van der Waals surface area contributed by atoms with Crippen LogP contribution in [0.15, 0.2) is 121 Å². The number of hydrogen-bond acceptors (Lipinski definition) is 3. The lowest BCUT2D eigenvalue weighted by molar-refractivity contribution is 0.0841. The van der Waals surface area contributed by atoms with Crippen LogP contribution >= 0.6 is 0 Å². The Morgan fingerprint density at radius 1 is 0.413 bits per heavy atom. The summed E-state index contributed by atoms with van der Waals surface area (Å²) < 4.78 is 178. The summed E-state index contributed by atoms with van der Waals surface area (Å²) in [6.07, 6.45) is 0. The van der Waals surface area contributed by atoms with E-state index in [1.54, 1.807) is 0 Å². The molecule has 63 heavy (non-hydrogen) atoms. The minimum Gasteiger partial charge on any atom is -0.512 e. The highest BCUT2D eigenvalue weighted by Crippen LogP contribution is 2.44. The third-order valence-electron chi connectivity index (χ3n) is 10.2. The van der Waals surface area contributed by atoms with E-state index in [2.05, 4.69) is 86.6 Å². The summed E-state index contributed by atoms with van der Waals surface area (Å²) in [5, 5.41) is 15.8. The number of halogens is 12. The van der Waals surface area contributed by atoms with Crippen molar-refractivity contribution < 1.29 is 67.0 Å². The summed E-state index contributed by atoms with van der Waals surface area (Å²) >= 11 is 0. The van der Waals surface area contributed by atoms with Crippen molar-refractivity contribution in [3.63, 3.8) is 0 Å². The van der Waals surface area contributed by atoms with Crippen molar-refractivity contribution in [3.05, 3.63) is 219 Å². The molecule has 1 N–H and O–H groups in total. The molecule has 0 aliphatic rings. The third kappa shape index (κ3) is 8.43. The van der Waals surface area contributed by atoms with Gasteiger partial charge in [-0.25, -0.2) is 52.7 Å². The Labute approximate surface area is 350 Å². The second-order valence-corrected chi connectivity index (χ2v) is 14.1. The molecule has 0 bridgehead atoms. The molecule has 3 nitrogen and oxygen atoms in total. The molecular weight excluding hydrogens is 851 g/mol. The van der Waals surface area contributed by atoms with Gasteiger partial charge in [0.2, 0.25) is 0 Å². The van der Waals surface area contributed by atoms with E-state index in [1.165, 1.54) is 43.8 Å². The van der Waals surface area contributed by atoms with Crippen LogP contribution in [0.2, 0.25) is 0 Å². The Hall–Kier alpha value is -6.78. The van der Waals surface area contributed by atoms with Gasteiger partial charge in [0.25, 0.3) is 0 Å². The van der Waals surface area contributed by atoms with E-state index in [4.69, 9.17) is 9.31 Å². The predicted molar refractivity (Wildman–Crippen MR) is 211 cm³/mol. The standard InChI is InChI=1S/C25H9BF12O3.C22H18/c27-13-1-9(2-14(28)21(13)35)25(10-3-15(29)22(36)16(30)4-10,11-5-17(31)23(37)18(32)6-11)41-26(39)40-12-7-19(33)24(38)20(34)8-12;1-15-11-13-17-7-3-5-9-19(17)21(15)22-16(2)12-14-18-8-4-6-10-20(18)22/h1-8,39H;3-14H,1-2H3. The Morgan fingerprint density at radius 3 is 1.05 bits per heavy atom. The van der Waals surface area contributed by atoms with Crippen LogP contribution in [0.3, 0.4) is 0 Å². The van der Waals surface area contributed by atoms with Crippen LogP contribution in [0.1, 0.15) is 27.8 Å². The fourth-order valence-corrected chi connectivity index (χ4v) is 7.30. The molecular formula is C47H27BF12O3. The SMILES string of the molecule is Cc1ccc2ccccc2c1-c1c(C)ccc2ccccc12.OB(Oc1cc(F)c(F)c(F)c1)OC(c1cc(F)c(F)c(F)c1)(c1cc(F)c(F)c(F)c1)c1cc(F)c(F)c(F)c1. The van der Waals surface area contributed by atoms with Crippen molar-refractivity contribution in [1.29, 1.82) is 0 Å². The Balaban J connectivity index is 0.000000225. The zero-order valence-corrected chi connectivity index (χ0v) is 32.4. The van der Waals surface area contributed by atoms with Gasteiger partial charge in [0.1, 0.15) is 11.4 Å². The van der Waals surface area contributed by atoms with E-state index in [1.807, 2.05) is 0 Å². The number of benzene rings is 8. The summed E-state index contributed by atoms with van der Waals surface area (Å²) in [5.74, 6) is -25.3. The van der Waals surface area contributed by atoms with Gasteiger partial charge in [0, 0.05) is 12.1 Å². The molecule has 8 aromatic carbocycles. The van der Waals surface area contributed by atoms with Gasteiger partial charge >= 0.3 is 7.32 Å². The van der Waals surface area contributed by atoms with Crippen LogP contribution in [0.4, 0.5) is 52.7 Å². The molecule has 0 saturated carbocycles. The Kier molecular flexibility index (Phi) is 12.3. The van der Waals surface area contributed by atoms with Crippen LogP contribution in [0.25, 0.3) is 32.7 Å². The van der Waals surface area contributed by atoms with E-state index < -0.39 is 105 Å². The van der Waals surface area contributed by atoms with Gasteiger partial charge in [-0.05, 0) is 111 Å². The van der Waals surface area contributed by atoms with Crippen molar-refractivity contribution in [2.45, 2.75) is 19.4 Å². The lowest BCUT2D eigenvalue weighted by Gasteiger charge is -2.36. The monoisotopic (exact) mass is 878 g/mol. The van der Waals surface area contributed by atoms with Crippen molar-refractivity contribution in [1.82, 2.24) is 0 Å². The average molecular weight is 879 g/mol. The Bertz CT molecular complexity index is 2760. The molecule has 0 fully saturated rings. The Morgan fingerprint density at radius 2 is 0.714 bits per heavy atom. The van der Waals surface area contributed by atoms with Crippen LogP contribution in [-0.4, -0.2) is 12.3 Å². The van der Waals surface area contributed by atoms with E-state index in [-0.39, 0.29) is 48.5 Å². The van der Waals surface area contributed by atoms with Gasteiger partial charge in [-0.2, -0.15) is 0 Å². The van der Waals surface area contributed by atoms with Gasteiger partial charge < -0.3 is 14.3 Å². The molecule has 0 aliphatic carbocycles. The minimum absolute atomic E-state index is 0.0701. The number of aryl methyl sites for hydroxylation is 2. The summed E-state index contributed by atoms with van der Waals surface area (Å²) in [6, 6.07) is 27.0. The first kappa shape index (κ1) is 44.3. The molecule has 16 heteroatoms. The molecule has 8 aromatic rings. The minimum atomic E-state index is -3.34. The second-order valence-electron chi connectivity index (χ2n) is 14.1. The lowest BCUT2D eigenvalue weighted by Crippen LogP contribution is -2.42. The van der Waals surface area contributed by atoms with Gasteiger partial charge in [0.15, 0.2) is 69.8 Å². The van der Waals surface area contributed by atoms with Crippen molar-refractivity contribution >= 4 is 28.9 Å². The highest BCUT2D eigenvalue weighted by atomic mass is 19.2. The lowest BCUT2D eigenvalue weighted by atomic mass is 9.78. The summed E-state index contributed by atoms with van der Waals surface area (Å²) in [7, 11) is -3.00. The molecule has 0 amide bonds. The van der Waals surface area contributed by atoms with E-state index in [9.17, 15) is 57.7 Å². The largest absolute Gasteiger partial charge is 0.711 e. The maximum absolute atomic E-state index is 14.4. The maximum Gasteiger partial charge on any atom is 0.711 e. The quantitative estimate of drug-likeness (QED) is 0.0715. The zero-order valence-electron chi connectivity index (χ0n) is 32.4. The fraction of sp³-hybridized carbons (Fsp3) is 0.0638. The molecule has 0 atom stereocenters. The molecule has 320 valence electrons. The van der Waals surface area contributed by atoms with Crippen LogP contribution in [0.5, 0.6) is 5.75 Å². The van der Waals surface area contributed by atoms with Gasteiger partial charge in [-0.3, -0.25) is 0 Å². The number of rotatable bonds is 8.